The van der Waals surface area contributed by atoms with E-state index in [0.717, 1.165) is 26.2 Å². The molecule has 2 rings (SSSR count). The van der Waals surface area contributed by atoms with Crippen molar-refractivity contribution in [2.24, 2.45) is 0 Å². The molecule has 0 radical (unpaired) electrons. The monoisotopic (exact) mass is 276 g/mol. The minimum absolute atomic E-state index is 0.0642. The second kappa shape index (κ2) is 7.09. The van der Waals surface area contributed by atoms with Crippen LogP contribution in [0.2, 0.25) is 0 Å². The van der Waals surface area contributed by atoms with Crippen LogP contribution in [0.1, 0.15) is 33.6 Å². The number of hydrogen-bond donors (Lipinski definition) is 1. The molecule has 0 aromatic heterocycles. The summed E-state index contributed by atoms with van der Waals surface area (Å²) < 4.78 is 5.74. The van der Waals surface area contributed by atoms with Gasteiger partial charge in [0.2, 0.25) is 0 Å². The highest BCUT2D eigenvalue weighted by molar-refractivity contribution is 5.46. The molecule has 20 heavy (non-hydrogen) atoms. The fourth-order valence-corrected chi connectivity index (χ4v) is 2.81. The number of para-hydroxylation sites is 1. The molecule has 1 heterocycles. The molecule has 0 amide bonds. The molecule has 0 atom stereocenters. The molecule has 1 aliphatic rings. The van der Waals surface area contributed by atoms with Crippen molar-refractivity contribution in [3.8, 4) is 0 Å². The third-order valence-electron chi connectivity index (χ3n) is 3.97. The first-order valence-corrected chi connectivity index (χ1v) is 7.78. The molecule has 0 aliphatic carbocycles. The van der Waals surface area contributed by atoms with Crippen molar-refractivity contribution < 1.29 is 4.74 Å². The molecular formula is C17H28N2O. The van der Waals surface area contributed by atoms with Crippen molar-refractivity contribution in [2.75, 3.05) is 31.1 Å². The van der Waals surface area contributed by atoms with E-state index in [1.165, 1.54) is 18.5 Å². The van der Waals surface area contributed by atoms with E-state index in [1.807, 2.05) is 0 Å². The van der Waals surface area contributed by atoms with Gasteiger partial charge in [0.1, 0.15) is 0 Å². The third kappa shape index (κ3) is 4.50. The summed E-state index contributed by atoms with van der Waals surface area (Å²) >= 11 is 0. The molecule has 0 saturated carbocycles. The SMILES string of the molecule is CCOC(C)(C)CNC1CCN(c2ccccc2)CC1. The van der Waals surface area contributed by atoms with Crippen LogP contribution in [0, 0.1) is 0 Å². The van der Waals surface area contributed by atoms with Gasteiger partial charge >= 0.3 is 0 Å². The lowest BCUT2D eigenvalue weighted by Gasteiger charge is -2.35. The topological polar surface area (TPSA) is 24.5 Å². The molecule has 0 unspecified atom stereocenters. The predicted molar refractivity (Wildman–Crippen MR) is 85.4 cm³/mol. The van der Waals surface area contributed by atoms with Crippen LogP contribution in [-0.4, -0.2) is 37.9 Å². The zero-order valence-electron chi connectivity index (χ0n) is 13.1. The highest BCUT2D eigenvalue weighted by Crippen LogP contribution is 2.19. The number of hydrogen-bond acceptors (Lipinski definition) is 3. The van der Waals surface area contributed by atoms with Crippen LogP contribution in [0.5, 0.6) is 0 Å². The Labute approximate surface area is 123 Å². The van der Waals surface area contributed by atoms with Crippen LogP contribution in [-0.2, 0) is 4.74 Å². The maximum Gasteiger partial charge on any atom is 0.0750 e. The Morgan fingerprint density at radius 2 is 1.85 bits per heavy atom. The largest absolute Gasteiger partial charge is 0.375 e. The van der Waals surface area contributed by atoms with Crippen LogP contribution in [0.3, 0.4) is 0 Å². The fraction of sp³-hybridized carbons (Fsp3) is 0.647. The Bertz CT molecular complexity index is 383. The van der Waals surface area contributed by atoms with E-state index in [9.17, 15) is 0 Å². The minimum atomic E-state index is -0.0642. The van der Waals surface area contributed by atoms with Crippen molar-refractivity contribution in [1.29, 1.82) is 0 Å². The van der Waals surface area contributed by atoms with Crippen molar-refractivity contribution in [3.63, 3.8) is 0 Å². The second-order valence-corrected chi connectivity index (χ2v) is 6.17. The van der Waals surface area contributed by atoms with E-state index in [-0.39, 0.29) is 5.60 Å². The van der Waals surface area contributed by atoms with Gasteiger partial charge in [0.15, 0.2) is 0 Å². The van der Waals surface area contributed by atoms with E-state index in [4.69, 9.17) is 4.74 Å². The highest BCUT2D eigenvalue weighted by Gasteiger charge is 2.23. The summed E-state index contributed by atoms with van der Waals surface area (Å²) in [6.45, 7) is 10.3. The number of rotatable bonds is 6. The lowest BCUT2D eigenvalue weighted by Crippen LogP contribution is -2.47. The lowest BCUT2D eigenvalue weighted by molar-refractivity contribution is -0.0110. The quantitative estimate of drug-likeness (QED) is 0.864. The van der Waals surface area contributed by atoms with Gasteiger partial charge in [-0.3, -0.25) is 0 Å². The Hall–Kier alpha value is -1.06. The standard InChI is InChI=1S/C17H28N2O/c1-4-20-17(2,3)14-18-15-10-12-19(13-11-15)16-8-6-5-7-9-16/h5-9,15,18H,4,10-14H2,1-3H3. The molecule has 0 spiro atoms. The molecule has 3 nitrogen and oxygen atoms in total. The molecule has 1 aliphatic heterocycles. The maximum absolute atomic E-state index is 5.74. The minimum Gasteiger partial charge on any atom is -0.375 e. The lowest BCUT2D eigenvalue weighted by atomic mass is 10.0. The Morgan fingerprint density at radius 3 is 2.45 bits per heavy atom. The summed E-state index contributed by atoms with van der Waals surface area (Å²) in [5.41, 5.74) is 1.28. The average molecular weight is 276 g/mol. The summed E-state index contributed by atoms with van der Waals surface area (Å²) in [4.78, 5) is 2.48. The van der Waals surface area contributed by atoms with E-state index < -0.39 is 0 Å². The summed E-state index contributed by atoms with van der Waals surface area (Å²) in [7, 11) is 0. The van der Waals surface area contributed by atoms with Gasteiger partial charge in [-0.2, -0.15) is 0 Å². The summed E-state index contributed by atoms with van der Waals surface area (Å²) in [5, 5.41) is 3.67. The first-order chi connectivity index (χ1) is 9.61. The molecule has 0 bridgehead atoms. The van der Waals surface area contributed by atoms with E-state index in [0.29, 0.717) is 6.04 Å². The smallest absolute Gasteiger partial charge is 0.0750 e. The third-order valence-corrected chi connectivity index (χ3v) is 3.97. The number of piperidine rings is 1. The second-order valence-electron chi connectivity index (χ2n) is 6.17. The Balaban J connectivity index is 1.75. The van der Waals surface area contributed by atoms with Crippen molar-refractivity contribution in [3.05, 3.63) is 30.3 Å². The fourth-order valence-electron chi connectivity index (χ4n) is 2.81. The molecule has 1 saturated heterocycles. The van der Waals surface area contributed by atoms with Crippen LogP contribution in [0.15, 0.2) is 30.3 Å². The molecule has 1 fully saturated rings. The molecule has 112 valence electrons. The number of nitrogens with one attached hydrogen (secondary N) is 1. The van der Waals surface area contributed by atoms with Gasteiger partial charge in [0.25, 0.3) is 0 Å². The van der Waals surface area contributed by atoms with E-state index in [1.54, 1.807) is 0 Å². The normalized spacial score (nSPS) is 17.4. The van der Waals surface area contributed by atoms with Crippen LogP contribution in [0.25, 0.3) is 0 Å². The average Bonchev–Trinajstić information content (AvgIpc) is 2.47. The summed E-state index contributed by atoms with van der Waals surface area (Å²) in [6.07, 6.45) is 2.41. The highest BCUT2D eigenvalue weighted by atomic mass is 16.5. The Morgan fingerprint density at radius 1 is 1.20 bits per heavy atom. The van der Waals surface area contributed by atoms with E-state index in [2.05, 4.69) is 61.3 Å². The summed E-state index contributed by atoms with van der Waals surface area (Å²) in [6, 6.07) is 11.3. The van der Waals surface area contributed by atoms with Crippen LogP contribution in [0.4, 0.5) is 5.69 Å². The number of anilines is 1. The van der Waals surface area contributed by atoms with Gasteiger partial charge in [-0.25, -0.2) is 0 Å². The first kappa shape index (κ1) is 15.3. The summed E-state index contributed by atoms with van der Waals surface area (Å²) in [5.74, 6) is 0. The van der Waals surface area contributed by atoms with Crippen molar-refractivity contribution in [1.82, 2.24) is 5.32 Å². The molecular weight excluding hydrogens is 248 g/mol. The molecule has 3 heteroatoms. The number of ether oxygens (including phenoxy) is 1. The molecule has 1 aromatic rings. The zero-order chi connectivity index (χ0) is 14.4. The van der Waals surface area contributed by atoms with Gasteiger partial charge in [0, 0.05) is 38.0 Å². The van der Waals surface area contributed by atoms with Gasteiger partial charge in [-0.05, 0) is 45.7 Å². The van der Waals surface area contributed by atoms with Gasteiger partial charge < -0.3 is 15.0 Å². The van der Waals surface area contributed by atoms with Gasteiger partial charge in [-0.1, -0.05) is 18.2 Å². The first-order valence-electron chi connectivity index (χ1n) is 7.78. The van der Waals surface area contributed by atoms with Gasteiger partial charge in [-0.15, -0.1) is 0 Å². The van der Waals surface area contributed by atoms with Crippen molar-refractivity contribution >= 4 is 5.69 Å². The van der Waals surface area contributed by atoms with Gasteiger partial charge in [0.05, 0.1) is 5.60 Å². The number of benzene rings is 1. The molecule has 1 aromatic carbocycles. The van der Waals surface area contributed by atoms with Crippen LogP contribution < -0.4 is 10.2 Å². The van der Waals surface area contributed by atoms with Crippen molar-refractivity contribution in [2.45, 2.75) is 45.3 Å². The maximum atomic E-state index is 5.74. The predicted octanol–water partition coefficient (Wildman–Crippen LogP) is 3.06. The van der Waals surface area contributed by atoms with Crippen LogP contribution >= 0.6 is 0 Å². The molecule has 1 N–H and O–H groups in total. The zero-order valence-corrected chi connectivity index (χ0v) is 13.1. The van der Waals surface area contributed by atoms with E-state index >= 15 is 0 Å². The number of nitrogens with zero attached hydrogens (tertiary/aromatic N) is 1. The Kier molecular flexibility index (Phi) is 5.44.